The first-order valence-corrected chi connectivity index (χ1v) is 9.19. The van der Waals surface area contributed by atoms with Gasteiger partial charge in [-0.2, -0.15) is 0 Å². The van der Waals surface area contributed by atoms with E-state index < -0.39 is 0 Å². The smallest absolute Gasteiger partial charge is 0.137 e. The molecule has 6 heteroatoms. The van der Waals surface area contributed by atoms with Crippen LogP contribution in [-0.2, 0) is 11.3 Å². The zero-order valence-corrected chi connectivity index (χ0v) is 15.3. The molecule has 0 unspecified atom stereocenters. The Bertz CT molecular complexity index is 650. The van der Waals surface area contributed by atoms with Crippen LogP contribution >= 0.6 is 11.6 Å². The molecule has 0 amide bonds. The fourth-order valence-electron chi connectivity index (χ4n) is 3.40. The monoisotopic (exact) mass is 350 g/mol. The van der Waals surface area contributed by atoms with E-state index in [1.165, 1.54) is 12.8 Å². The molecule has 1 aliphatic rings. The third-order valence-electron chi connectivity index (χ3n) is 4.43. The maximum Gasteiger partial charge on any atom is 0.137 e. The zero-order chi connectivity index (χ0) is 16.9. The van der Waals surface area contributed by atoms with Crippen LogP contribution in [0.25, 0.3) is 5.65 Å². The molecule has 3 heterocycles. The van der Waals surface area contributed by atoms with E-state index >= 15 is 0 Å². The summed E-state index contributed by atoms with van der Waals surface area (Å²) in [6, 6.07) is 3.81. The van der Waals surface area contributed by atoms with Crippen LogP contribution in [0.5, 0.6) is 0 Å². The van der Waals surface area contributed by atoms with Crippen LogP contribution < -0.4 is 5.32 Å². The number of imidazole rings is 1. The van der Waals surface area contributed by atoms with E-state index in [-0.39, 0.29) is 0 Å². The summed E-state index contributed by atoms with van der Waals surface area (Å²) in [4.78, 5) is 6.92. The fraction of sp³-hybridized carbons (Fsp3) is 0.611. The van der Waals surface area contributed by atoms with Crippen LogP contribution in [-0.4, -0.2) is 52.7 Å². The highest BCUT2D eigenvalue weighted by atomic mass is 35.5. The minimum atomic E-state index is 0.355. The number of unbranched alkanes of at least 4 members (excludes halogenated alkanes) is 1. The van der Waals surface area contributed by atoms with Crippen molar-refractivity contribution in [1.29, 1.82) is 0 Å². The lowest BCUT2D eigenvalue weighted by Crippen LogP contribution is -2.45. The molecule has 1 fully saturated rings. The van der Waals surface area contributed by atoms with E-state index in [0.29, 0.717) is 12.2 Å². The van der Waals surface area contributed by atoms with Crippen molar-refractivity contribution in [2.45, 2.75) is 45.4 Å². The van der Waals surface area contributed by atoms with Crippen molar-refractivity contribution < 1.29 is 4.74 Å². The first kappa shape index (κ1) is 17.7. The minimum absolute atomic E-state index is 0.355. The number of nitrogens with one attached hydrogen (secondary N) is 1. The van der Waals surface area contributed by atoms with Gasteiger partial charge >= 0.3 is 0 Å². The first-order chi connectivity index (χ1) is 11.6. The van der Waals surface area contributed by atoms with Gasteiger partial charge in [0.1, 0.15) is 5.65 Å². The summed E-state index contributed by atoms with van der Waals surface area (Å²) in [6.07, 6.45) is 6.93. The highest BCUT2D eigenvalue weighted by molar-refractivity contribution is 6.30. The average Bonchev–Trinajstić information content (AvgIpc) is 2.92. The Morgan fingerprint density at radius 2 is 2.04 bits per heavy atom. The molecule has 0 aliphatic carbocycles. The van der Waals surface area contributed by atoms with E-state index in [4.69, 9.17) is 16.3 Å². The molecule has 132 valence electrons. The lowest BCUT2D eigenvalue weighted by molar-refractivity contribution is -0.0681. The van der Waals surface area contributed by atoms with Gasteiger partial charge in [-0.1, -0.05) is 11.6 Å². The van der Waals surface area contributed by atoms with Crippen LogP contribution in [0.1, 0.15) is 32.4 Å². The second kappa shape index (κ2) is 8.30. The van der Waals surface area contributed by atoms with E-state index in [1.807, 2.05) is 28.9 Å². The van der Waals surface area contributed by atoms with Gasteiger partial charge in [0, 0.05) is 25.8 Å². The van der Waals surface area contributed by atoms with Crippen molar-refractivity contribution in [1.82, 2.24) is 19.6 Å². The third kappa shape index (κ3) is 4.70. The number of ether oxygens (including phenoxy) is 1. The molecule has 0 aromatic carbocycles. The Morgan fingerprint density at radius 1 is 1.25 bits per heavy atom. The number of rotatable bonds is 7. The van der Waals surface area contributed by atoms with Gasteiger partial charge in [-0.25, -0.2) is 4.98 Å². The number of pyridine rings is 1. The van der Waals surface area contributed by atoms with Gasteiger partial charge in [-0.15, -0.1) is 0 Å². The number of hydrogen-bond acceptors (Lipinski definition) is 4. The molecule has 0 radical (unpaired) electrons. The predicted molar refractivity (Wildman–Crippen MR) is 97.6 cm³/mol. The van der Waals surface area contributed by atoms with Gasteiger partial charge in [-0.05, 0) is 51.9 Å². The normalized spacial score (nSPS) is 22.3. The van der Waals surface area contributed by atoms with E-state index in [9.17, 15) is 0 Å². The van der Waals surface area contributed by atoms with Crippen molar-refractivity contribution >= 4 is 17.2 Å². The molecule has 1 saturated heterocycles. The van der Waals surface area contributed by atoms with Crippen molar-refractivity contribution in [2.24, 2.45) is 0 Å². The van der Waals surface area contributed by atoms with Crippen LogP contribution in [0, 0.1) is 0 Å². The van der Waals surface area contributed by atoms with Gasteiger partial charge in [0.2, 0.25) is 0 Å². The Hall–Kier alpha value is -1.14. The number of fused-ring (bicyclic) bond motifs is 1. The molecule has 1 N–H and O–H groups in total. The summed E-state index contributed by atoms with van der Waals surface area (Å²) >= 11 is 6.06. The van der Waals surface area contributed by atoms with Gasteiger partial charge in [0.05, 0.1) is 29.1 Å². The molecule has 0 bridgehead atoms. The molecule has 0 saturated carbocycles. The van der Waals surface area contributed by atoms with Crippen LogP contribution in [0.4, 0.5) is 0 Å². The number of halogens is 1. The summed E-state index contributed by atoms with van der Waals surface area (Å²) in [5.74, 6) is 0. The average molecular weight is 351 g/mol. The van der Waals surface area contributed by atoms with Crippen LogP contribution in [0.3, 0.4) is 0 Å². The molecule has 3 rings (SSSR count). The van der Waals surface area contributed by atoms with Crippen molar-refractivity contribution in [3.8, 4) is 0 Å². The van der Waals surface area contributed by atoms with Crippen molar-refractivity contribution in [2.75, 3.05) is 26.2 Å². The van der Waals surface area contributed by atoms with Gasteiger partial charge in [0.25, 0.3) is 0 Å². The number of morpholine rings is 1. The highest BCUT2D eigenvalue weighted by Gasteiger charge is 2.21. The lowest BCUT2D eigenvalue weighted by Gasteiger charge is -2.35. The topological polar surface area (TPSA) is 41.8 Å². The Kier molecular flexibility index (Phi) is 6.11. The largest absolute Gasteiger partial charge is 0.373 e. The van der Waals surface area contributed by atoms with Gasteiger partial charge in [0.15, 0.2) is 0 Å². The quantitative estimate of drug-likeness (QED) is 0.779. The Morgan fingerprint density at radius 3 is 2.83 bits per heavy atom. The van der Waals surface area contributed by atoms with Gasteiger partial charge < -0.3 is 14.5 Å². The van der Waals surface area contributed by atoms with Crippen molar-refractivity contribution in [3.05, 3.63) is 35.2 Å². The molecule has 24 heavy (non-hydrogen) atoms. The Balaban J connectivity index is 1.36. The van der Waals surface area contributed by atoms with E-state index in [0.717, 1.165) is 49.1 Å². The highest BCUT2D eigenvalue weighted by Crippen LogP contribution is 2.13. The summed E-state index contributed by atoms with van der Waals surface area (Å²) in [6.45, 7) is 9.42. The van der Waals surface area contributed by atoms with E-state index in [2.05, 4.69) is 29.0 Å². The number of aromatic nitrogens is 2. The molecule has 0 spiro atoms. The van der Waals surface area contributed by atoms with Gasteiger partial charge in [-0.3, -0.25) is 4.90 Å². The summed E-state index contributed by atoms with van der Waals surface area (Å²) < 4.78 is 7.82. The second-order valence-corrected chi connectivity index (χ2v) is 7.16. The zero-order valence-electron chi connectivity index (χ0n) is 14.5. The summed E-state index contributed by atoms with van der Waals surface area (Å²) in [5.41, 5.74) is 2.08. The molecule has 2 atom stereocenters. The molecule has 2 aromatic rings. The minimum Gasteiger partial charge on any atom is -0.373 e. The number of nitrogens with zero attached hydrogens (tertiary/aromatic N) is 3. The SMILES string of the molecule is C[C@@H]1CN(CCCCNCc2cnc3ccc(Cl)cn23)C[C@H](C)O1. The Labute approximate surface area is 149 Å². The first-order valence-electron chi connectivity index (χ1n) is 8.82. The fourth-order valence-corrected chi connectivity index (χ4v) is 3.57. The molecular weight excluding hydrogens is 324 g/mol. The van der Waals surface area contributed by atoms with E-state index in [1.54, 1.807) is 0 Å². The standard InChI is InChI=1S/C18H27ClN4O/c1-14-11-22(12-15(2)24-14)8-4-3-7-20-9-17-10-21-18-6-5-16(19)13-23(17)18/h5-6,10,13-15,20H,3-4,7-9,11-12H2,1-2H3/t14-,15+. The third-order valence-corrected chi connectivity index (χ3v) is 4.65. The van der Waals surface area contributed by atoms with Crippen molar-refractivity contribution in [3.63, 3.8) is 0 Å². The molecule has 2 aromatic heterocycles. The lowest BCUT2D eigenvalue weighted by atomic mass is 10.2. The second-order valence-electron chi connectivity index (χ2n) is 6.73. The van der Waals surface area contributed by atoms with Crippen LogP contribution in [0.15, 0.2) is 24.5 Å². The summed E-state index contributed by atoms with van der Waals surface area (Å²) in [5, 5.41) is 4.24. The molecular formula is C18H27ClN4O. The molecule has 5 nitrogen and oxygen atoms in total. The summed E-state index contributed by atoms with van der Waals surface area (Å²) in [7, 11) is 0. The van der Waals surface area contributed by atoms with Crippen LogP contribution in [0.2, 0.25) is 5.02 Å². The maximum atomic E-state index is 6.06. The molecule has 1 aliphatic heterocycles. The predicted octanol–water partition coefficient (Wildman–Crippen LogP) is 2.97. The number of hydrogen-bond donors (Lipinski definition) is 1. The maximum absolute atomic E-state index is 6.06.